The zero-order valence-electron chi connectivity index (χ0n) is 25.9. The van der Waals surface area contributed by atoms with Gasteiger partial charge in [0.05, 0.1) is 12.5 Å². The molecule has 0 fully saturated rings. The van der Waals surface area contributed by atoms with E-state index in [1.165, 1.54) is 116 Å². The third-order valence-electron chi connectivity index (χ3n) is 7.44. The number of rotatable bonds is 29. The summed E-state index contributed by atoms with van der Waals surface area (Å²) >= 11 is 0. The third kappa shape index (κ3) is 29.5. The number of carbonyl (C=O) groups excluding carboxylic acids is 1. The van der Waals surface area contributed by atoms with Crippen LogP contribution < -0.4 is 5.32 Å². The Bertz CT molecular complexity index is 535. The number of unbranched alkanes of at least 4 members (excludes halogenated alkanes) is 16. The molecule has 0 aromatic rings. The highest BCUT2D eigenvalue weighted by Gasteiger charge is 2.15. The molecule has 0 rings (SSSR count). The Morgan fingerprint density at radius 3 is 1.34 bits per heavy atom. The summed E-state index contributed by atoms with van der Waals surface area (Å²) in [7, 11) is 0. The van der Waals surface area contributed by atoms with Crippen LogP contribution in [0.4, 0.5) is 0 Å². The number of ether oxygens (including phenoxy) is 1. The highest BCUT2D eigenvalue weighted by Crippen LogP contribution is 2.17. The van der Waals surface area contributed by atoms with E-state index in [0.29, 0.717) is 6.61 Å². The Labute approximate surface area is 236 Å². The van der Waals surface area contributed by atoms with Gasteiger partial charge >= 0.3 is 5.97 Å². The average molecular weight is 540 g/mol. The fraction of sp³-hybridized carbons (Fsp3) is 0.939. The summed E-state index contributed by atoms with van der Waals surface area (Å²) < 4.78 is 6.10. The van der Waals surface area contributed by atoms with Crippen molar-refractivity contribution in [1.82, 2.24) is 5.32 Å². The lowest BCUT2D eigenvalue weighted by atomic mass is 10.0. The molecule has 1 atom stereocenters. The number of hydrogen-bond acceptors (Lipinski definition) is 3. The lowest BCUT2D eigenvalue weighted by Gasteiger charge is -2.18. The zero-order valence-corrected chi connectivity index (χ0v) is 25.9. The molecule has 0 aromatic heterocycles. The molecular weight excluding hydrogens is 474 g/mol. The minimum atomic E-state index is -1.01. The molecule has 0 saturated carbocycles. The predicted molar refractivity (Wildman–Crippen MR) is 162 cm³/mol. The van der Waals surface area contributed by atoms with Gasteiger partial charge in [-0.25, -0.2) is 0 Å². The predicted octanol–water partition coefficient (Wildman–Crippen LogP) is 9.47. The normalized spacial score (nSPS) is 12.4. The summed E-state index contributed by atoms with van der Waals surface area (Å²) in [6, 6.07) is 0. The van der Waals surface area contributed by atoms with Gasteiger partial charge in [-0.1, -0.05) is 150 Å². The molecule has 0 saturated heterocycles. The molecule has 2 N–H and O–H groups in total. The second kappa shape index (κ2) is 27.5. The molecule has 0 aromatic carbocycles. The lowest BCUT2D eigenvalue weighted by molar-refractivity contribution is -0.138. The topological polar surface area (TPSA) is 75.6 Å². The van der Waals surface area contributed by atoms with Gasteiger partial charge in [0.1, 0.15) is 6.54 Å². The number of hydrogen-bond donors (Lipinski definition) is 2. The van der Waals surface area contributed by atoms with Gasteiger partial charge in [0.2, 0.25) is 5.91 Å². The van der Waals surface area contributed by atoms with Gasteiger partial charge < -0.3 is 15.2 Å². The van der Waals surface area contributed by atoms with Crippen molar-refractivity contribution in [3.05, 3.63) is 0 Å². The van der Waals surface area contributed by atoms with Crippen LogP contribution >= 0.6 is 0 Å². The number of amides is 1. The Hall–Kier alpha value is -1.10. The minimum absolute atomic E-state index is 0.101. The van der Waals surface area contributed by atoms with Crippen LogP contribution in [0, 0.1) is 11.8 Å². The van der Waals surface area contributed by atoms with Crippen molar-refractivity contribution in [2.45, 2.75) is 175 Å². The summed E-state index contributed by atoms with van der Waals surface area (Å²) in [6.07, 6.45) is 27.0. The maximum Gasteiger partial charge on any atom is 0.322 e. The molecule has 38 heavy (non-hydrogen) atoms. The number of carbonyl (C=O) groups is 2. The Balaban J connectivity index is 3.91. The standard InChI is InChI=1S/C33H65NO4/c1-29(2)23-19-15-11-7-5-9-13-17-21-25-31(27-32(35)34-28-33(36)37)38-26-22-18-14-10-6-8-12-16-20-24-30(3)4/h29-31H,5-28H2,1-4H3,(H,34,35)(H,36,37)/t31-/m1/s1. The largest absolute Gasteiger partial charge is 0.480 e. The molecule has 0 bridgehead atoms. The molecule has 226 valence electrons. The SMILES string of the molecule is CC(C)CCCCCCCCCCCO[C@H](CCCCCCCCCCCC(C)C)CC(=O)NCC(=O)O. The van der Waals surface area contributed by atoms with Crippen molar-refractivity contribution in [1.29, 1.82) is 0 Å². The molecule has 5 nitrogen and oxygen atoms in total. The molecule has 1 amide bonds. The Morgan fingerprint density at radius 2 is 0.947 bits per heavy atom. The summed E-state index contributed by atoms with van der Waals surface area (Å²) in [5.41, 5.74) is 0. The van der Waals surface area contributed by atoms with Gasteiger partial charge in [0.25, 0.3) is 0 Å². The third-order valence-corrected chi connectivity index (χ3v) is 7.44. The van der Waals surface area contributed by atoms with Crippen molar-refractivity contribution >= 4 is 11.9 Å². The average Bonchev–Trinajstić information content (AvgIpc) is 2.86. The summed E-state index contributed by atoms with van der Waals surface area (Å²) in [6.45, 7) is 9.59. The maximum atomic E-state index is 12.2. The highest BCUT2D eigenvalue weighted by molar-refractivity contribution is 5.81. The number of nitrogens with one attached hydrogen (secondary N) is 1. The second-order valence-corrected chi connectivity index (χ2v) is 12.4. The lowest BCUT2D eigenvalue weighted by Crippen LogP contribution is -2.32. The number of carboxylic acid groups (broad SMARTS) is 1. The van der Waals surface area contributed by atoms with E-state index < -0.39 is 5.97 Å². The Kier molecular flexibility index (Phi) is 26.7. The van der Waals surface area contributed by atoms with Crippen molar-refractivity contribution in [3.8, 4) is 0 Å². The van der Waals surface area contributed by atoms with Gasteiger partial charge in [0.15, 0.2) is 0 Å². The molecular formula is C33H65NO4. The van der Waals surface area contributed by atoms with E-state index in [1.807, 2.05) is 0 Å². The number of carboxylic acids is 1. The highest BCUT2D eigenvalue weighted by atomic mass is 16.5. The molecule has 0 heterocycles. The van der Waals surface area contributed by atoms with Crippen molar-refractivity contribution < 1.29 is 19.4 Å². The van der Waals surface area contributed by atoms with E-state index in [0.717, 1.165) is 31.1 Å². The fourth-order valence-corrected chi connectivity index (χ4v) is 5.00. The van der Waals surface area contributed by atoms with E-state index in [2.05, 4.69) is 33.0 Å². The van der Waals surface area contributed by atoms with E-state index in [1.54, 1.807) is 0 Å². The first kappa shape index (κ1) is 36.9. The smallest absolute Gasteiger partial charge is 0.322 e. The van der Waals surface area contributed by atoms with Crippen LogP contribution in [-0.4, -0.2) is 36.2 Å². The molecule has 0 aliphatic heterocycles. The minimum Gasteiger partial charge on any atom is -0.480 e. The van der Waals surface area contributed by atoms with Crippen LogP contribution in [0.15, 0.2) is 0 Å². The molecule has 0 unspecified atom stereocenters. The van der Waals surface area contributed by atoms with Crippen LogP contribution in [0.3, 0.4) is 0 Å². The monoisotopic (exact) mass is 539 g/mol. The van der Waals surface area contributed by atoms with Crippen LogP contribution in [0.2, 0.25) is 0 Å². The first-order valence-electron chi connectivity index (χ1n) is 16.4. The molecule has 5 heteroatoms. The zero-order chi connectivity index (χ0) is 28.3. The van der Waals surface area contributed by atoms with Gasteiger partial charge in [-0.2, -0.15) is 0 Å². The van der Waals surface area contributed by atoms with Crippen LogP contribution in [-0.2, 0) is 14.3 Å². The van der Waals surface area contributed by atoms with Crippen molar-refractivity contribution in [2.75, 3.05) is 13.2 Å². The van der Waals surface area contributed by atoms with E-state index in [4.69, 9.17) is 9.84 Å². The maximum absolute atomic E-state index is 12.2. The van der Waals surface area contributed by atoms with E-state index in [9.17, 15) is 9.59 Å². The van der Waals surface area contributed by atoms with E-state index in [-0.39, 0.29) is 25.0 Å². The summed E-state index contributed by atoms with van der Waals surface area (Å²) in [5, 5.41) is 11.3. The van der Waals surface area contributed by atoms with Crippen LogP contribution in [0.5, 0.6) is 0 Å². The first-order valence-corrected chi connectivity index (χ1v) is 16.4. The van der Waals surface area contributed by atoms with Crippen molar-refractivity contribution in [2.24, 2.45) is 11.8 Å². The number of aliphatic carboxylic acids is 1. The van der Waals surface area contributed by atoms with Crippen LogP contribution in [0.1, 0.15) is 169 Å². The quantitative estimate of drug-likeness (QED) is 0.0928. The van der Waals surface area contributed by atoms with Gasteiger partial charge in [-0.3, -0.25) is 9.59 Å². The van der Waals surface area contributed by atoms with Crippen LogP contribution in [0.25, 0.3) is 0 Å². The van der Waals surface area contributed by atoms with E-state index >= 15 is 0 Å². The van der Waals surface area contributed by atoms with Gasteiger partial charge in [-0.05, 0) is 24.7 Å². The molecule has 0 radical (unpaired) electrons. The van der Waals surface area contributed by atoms with Crippen molar-refractivity contribution in [3.63, 3.8) is 0 Å². The molecule has 0 spiro atoms. The Morgan fingerprint density at radius 1 is 0.579 bits per heavy atom. The van der Waals surface area contributed by atoms with Gasteiger partial charge in [-0.15, -0.1) is 0 Å². The fourth-order valence-electron chi connectivity index (χ4n) is 5.00. The molecule has 0 aliphatic carbocycles. The first-order chi connectivity index (χ1) is 18.3. The molecule has 0 aliphatic rings. The summed E-state index contributed by atoms with van der Waals surface area (Å²) in [5.74, 6) is 0.435. The van der Waals surface area contributed by atoms with Gasteiger partial charge in [0, 0.05) is 6.61 Å². The second-order valence-electron chi connectivity index (χ2n) is 12.4. The summed E-state index contributed by atoms with van der Waals surface area (Å²) in [4.78, 5) is 22.9.